The Balaban J connectivity index is 2.17. The van der Waals surface area contributed by atoms with Crippen LogP contribution in [0.3, 0.4) is 0 Å². The number of hydrogen-bond donors (Lipinski definition) is 1. The van der Waals surface area contributed by atoms with Gasteiger partial charge in [0, 0.05) is 5.69 Å². The topological polar surface area (TPSA) is 24.4 Å². The molecule has 0 bridgehead atoms. The molecule has 0 fully saturated rings. The Morgan fingerprint density at radius 1 is 0.810 bits per heavy atom. The zero-order valence-corrected chi connectivity index (χ0v) is 13.3. The van der Waals surface area contributed by atoms with E-state index in [4.69, 9.17) is 0 Å². The van der Waals surface area contributed by atoms with Gasteiger partial charge >= 0.3 is 0 Å². The second kappa shape index (κ2) is 7.07. The first kappa shape index (κ1) is 15.3. The molecule has 0 unspecified atom stereocenters. The third-order valence-corrected chi connectivity index (χ3v) is 3.57. The maximum Gasteiger partial charge on any atom is 0.0930 e. The minimum atomic E-state index is 0.473. The van der Waals surface area contributed by atoms with E-state index >= 15 is 0 Å². The molecule has 2 nitrogen and oxygen atoms in total. The molecule has 0 heterocycles. The van der Waals surface area contributed by atoms with Crippen LogP contribution < -0.4 is 5.32 Å². The molecule has 0 amide bonds. The molecule has 110 valence electrons. The predicted octanol–water partition coefficient (Wildman–Crippen LogP) is 5.71. The van der Waals surface area contributed by atoms with Gasteiger partial charge in [-0.3, -0.25) is 0 Å². The van der Waals surface area contributed by atoms with E-state index in [1.165, 1.54) is 11.1 Å². The summed E-state index contributed by atoms with van der Waals surface area (Å²) in [4.78, 5) is 4.59. The van der Waals surface area contributed by atoms with Crippen molar-refractivity contribution in [3.05, 3.63) is 59.7 Å². The lowest BCUT2D eigenvalue weighted by molar-refractivity contribution is 0.867. The Bertz CT molecular complexity index is 612. The van der Waals surface area contributed by atoms with Crippen molar-refractivity contribution in [2.75, 3.05) is 5.32 Å². The summed E-state index contributed by atoms with van der Waals surface area (Å²) in [5.41, 5.74) is 4.73. The van der Waals surface area contributed by atoms with Gasteiger partial charge in [0.05, 0.1) is 12.0 Å². The number of nitrogens with zero attached hydrogens (tertiary/aromatic N) is 1. The first-order valence-electron chi connectivity index (χ1n) is 7.56. The van der Waals surface area contributed by atoms with Gasteiger partial charge in [0.1, 0.15) is 0 Å². The number of rotatable bonds is 5. The highest BCUT2D eigenvalue weighted by molar-refractivity contribution is 5.80. The van der Waals surface area contributed by atoms with Gasteiger partial charge < -0.3 is 5.32 Å². The van der Waals surface area contributed by atoms with Crippen LogP contribution in [0, 0.1) is 0 Å². The molecule has 2 rings (SSSR count). The van der Waals surface area contributed by atoms with Gasteiger partial charge in [-0.15, -0.1) is 0 Å². The normalized spacial score (nSPS) is 11.5. The molecule has 2 aromatic rings. The smallest absolute Gasteiger partial charge is 0.0930 e. The SMILES string of the molecule is CC(C)c1ccccc1N=CNc1ccccc1C(C)C. The summed E-state index contributed by atoms with van der Waals surface area (Å²) in [7, 11) is 0. The van der Waals surface area contributed by atoms with Crippen LogP contribution in [0.1, 0.15) is 50.7 Å². The molecule has 0 aliphatic rings. The Hall–Kier alpha value is -2.09. The molecule has 21 heavy (non-hydrogen) atoms. The predicted molar refractivity (Wildman–Crippen MR) is 92.8 cm³/mol. The van der Waals surface area contributed by atoms with E-state index in [0.717, 1.165) is 11.4 Å². The van der Waals surface area contributed by atoms with E-state index in [-0.39, 0.29) is 0 Å². The van der Waals surface area contributed by atoms with Gasteiger partial charge in [-0.1, -0.05) is 64.1 Å². The van der Waals surface area contributed by atoms with Crippen LogP contribution in [-0.4, -0.2) is 6.34 Å². The van der Waals surface area contributed by atoms with Crippen LogP contribution in [0.25, 0.3) is 0 Å². The molecule has 0 radical (unpaired) electrons. The molecule has 0 saturated heterocycles. The summed E-state index contributed by atoms with van der Waals surface area (Å²) < 4.78 is 0. The average molecular weight is 280 g/mol. The third kappa shape index (κ3) is 3.94. The van der Waals surface area contributed by atoms with Crippen LogP contribution in [0.5, 0.6) is 0 Å². The lowest BCUT2D eigenvalue weighted by Gasteiger charge is -2.12. The van der Waals surface area contributed by atoms with E-state index in [1.54, 1.807) is 6.34 Å². The minimum Gasteiger partial charge on any atom is -0.346 e. The van der Waals surface area contributed by atoms with Crippen molar-refractivity contribution in [2.24, 2.45) is 4.99 Å². The van der Waals surface area contributed by atoms with Gasteiger partial charge in [-0.05, 0) is 35.1 Å². The molecule has 0 aliphatic heterocycles. The number of aliphatic imine (C=N–C) groups is 1. The molecule has 0 spiro atoms. The molecule has 0 aromatic heterocycles. The molecule has 0 aliphatic carbocycles. The quantitative estimate of drug-likeness (QED) is 0.551. The fourth-order valence-electron chi connectivity index (χ4n) is 2.40. The maximum atomic E-state index is 4.59. The molecular weight excluding hydrogens is 256 g/mol. The van der Waals surface area contributed by atoms with Crippen molar-refractivity contribution in [3.63, 3.8) is 0 Å². The number of para-hydroxylation sites is 2. The second-order valence-corrected chi connectivity index (χ2v) is 5.86. The van der Waals surface area contributed by atoms with Gasteiger partial charge in [0.2, 0.25) is 0 Å². The van der Waals surface area contributed by atoms with Crippen molar-refractivity contribution in [1.29, 1.82) is 0 Å². The van der Waals surface area contributed by atoms with E-state index in [1.807, 2.05) is 12.1 Å². The zero-order valence-electron chi connectivity index (χ0n) is 13.3. The van der Waals surface area contributed by atoms with Gasteiger partial charge in [-0.2, -0.15) is 0 Å². The van der Waals surface area contributed by atoms with Gasteiger partial charge in [0.15, 0.2) is 0 Å². The first-order valence-corrected chi connectivity index (χ1v) is 7.56. The fourth-order valence-corrected chi connectivity index (χ4v) is 2.40. The highest BCUT2D eigenvalue weighted by Crippen LogP contribution is 2.26. The van der Waals surface area contributed by atoms with Crippen LogP contribution in [-0.2, 0) is 0 Å². The molecule has 0 saturated carbocycles. The lowest BCUT2D eigenvalue weighted by Crippen LogP contribution is -2.00. The van der Waals surface area contributed by atoms with Crippen molar-refractivity contribution < 1.29 is 0 Å². The summed E-state index contributed by atoms with van der Waals surface area (Å²) in [5, 5.41) is 3.32. The number of anilines is 1. The highest BCUT2D eigenvalue weighted by Gasteiger charge is 2.05. The molecule has 2 heteroatoms. The Kier molecular flexibility index (Phi) is 5.15. The molecule has 1 N–H and O–H groups in total. The highest BCUT2D eigenvalue weighted by atomic mass is 14.9. The Labute approximate surface area is 127 Å². The fraction of sp³-hybridized carbons (Fsp3) is 0.316. The number of benzene rings is 2. The van der Waals surface area contributed by atoms with Gasteiger partial charge in [0.25, 0.3) is 0 Å². The van der Waals surface area contributed by atoms with Crippen molar-refractivity contribution >= 4 is 17.7 Å². The van der Waals surface area contributed by atoms with E-state index in [2.05, 4.69) is 74.4 Å². The van der Waals surface area contributed by atoms with Crippen molar-refractivity contribution in [2.45, 2.75) is 39.5 Å². The third-order valence-electron chi connectivity index (χ3n) is 3.57. The first-order chi connectivity index (χ1) is 10.1. The van der Waals surface area contributed by atoms with Crippen LogP contribution in [0.15, 0.2) is 53.5 Å². The standard InChI is InChI=1S/C19H24N2/c1-14(2)16-9-5-7-11-18(16)20-13-21-19-12-8-6-10-17(19)15(3)4/h5-15H,1-4H3,(H,20,21). The summed E-state index contributed by atoms with van der Waals surface area (Å²) >= 11 is 0. The minimum absolute atomic E-state index is 0.473. The summed E-state index contributed by atoms with van der Waals surface area (Å²) in [5.74, 6) is 0.964. The Morgan fingerprint density at radius 3 is 2.05 bits per heavy atom. The van der Waals surface area contributed by atoms with Crippen molar-refractivity contribution in [3.8, 4) is 0 Å². The maximum absolute atomic E-state index is 4.59. The largest absolute Gasteiger partial charge is 0.346 e. The van der Waals surface area contributed by atoms with E-state index < -0.39 is 0 Å². The van der Waals surface area contributed by atoms with E-state index in [9.17, 15) is 0 Å². The van der Waals surface area contributed by atoms with Crippen LogP contribution >= 0.6 is 0 Å². The molecule has 2 aromatic carbocycles. The lowest BCUT2D eigenvalue weighted by atomic mass is 10.0. The number of nitrogens with one attached hydrogen (secondary N) is 1. The molecule has 0 atom stereocenters. The monoisotopic (exact) mass is 280 g/mol. The van der Waals surface area contributed by atoms with E-state index in [0.29, 0.717) is 11.8 Å². The summed E-state index contributed by atoms with van der Waals surface area (Å²) in [6, 6.07) is 16.7. The Morgan fingerprint density at radius 2 is 1.38 bits per heavy atom. The van der Waals surface area contributed by atoms with Crippen LogP contribution in [0.4, 0.5) is 11.4 Å². The average Bonchev–Trinajstić information content (AvgIpc) is 2.48. The van der Waals surface area contributed by atoms with Gasteiger partial charge in [-0.25, -0.2) is 4.99 Å². The summed E-state index contributed by atoms with van der Waals surface area (Å²) in [6.45, 7) is 8.78. The molecular formula is C19H24N2. The summed E-state index contributed by atoms with van der Waals surface area (Å²) in [6.07, 6.45) is 1.79. The van der Waals surface area contributed by atoms with Crippen LogP contribution in [0.2, 0.25) is 0 Å². The van der Waals surface area contributed by atoms with Crippen molar-refractivity contribution in [1.82, 2.24) is 0 Å². The zero-order chi connectivity index (χ0) is 15.2. The number of hydrogen-bond acceptors (Lipinski definition) is 1. The second-order valence-electron chi connectivity index (χ2n) is 5.86.